The Hall–Kier alpha value is -4.57. The van der Waals surface area contributed by atoms with Crippen molar-refractivity contribution in [3.05, 3.63) is 90.1 Å². The zero-order valence-electron chi connectivity index (χ0n) is 16.7. The van der Waals surface area contributed by atoms with Crippen molar-refractivity contribution < 1.29 is 0 Å². The molecule has 5 rings (SSSR count). The molecule has 0 radical (unpaired) electrons. The fourth-order valence-electron chi connectivity index (χ4n) is 3.30. The van der Waals surface area contributed by atoms with E-state index in [0.29, 0.717) is 23.0 Å². The Bertz CT molecular complexity index is 1410. The van der Waals surface area contributed by atoms with Crippen molar-refractivity contribution in [1.29, 1.82) is 5.26 Å². The second-order valence-electron chi connectivity index (χ2n) is 7.09. The Kier molecular flexibility index (Phi) is 4.58. The predicted octanol–water partition coefficient (Wildman–Crippen LogP) is 4.80. The normalized spacial score (nSPS) is 10.7. The lowest BCUT2D eigenvalue weighted by Crippen LogP contribution is -2.06. The number of benzene rings is 2. The SMILES string of the molecule is Cc1ccc(-c2ccc(Nc3c(C#N)cnn3-c3ccc4ccccc4n3)nn2)cc1. The van der Waals surface area contributed by atoms with E-state index in [0.717, 1.165) is 22.2 Å². The Morgan fingerprint density at radius 2 is 1.74 bits per heavy atom. The molecule has 7 heteroatoms. The summed E-state index contributed by atoms with van der Waals surface area (Å²) in [4.78, 5) is 4.67. The molecule has 3 aromatic heterocycles. The summed E-state index contributed by atoms with van der Waals surface area (Å²) >= 11 is 0. The molecule has 0 atom stereocenters. The Balaban J connectivity index is 1.48. The number of fused-ring (bicyclic) bond motifs is 1. The number of para-hydroxylation sites is 1. The summed E-state index contributed by atoms with van der Waals surface area (Å²) in [5, 5.41) is 26.7. The van der Waals surface area contributed by atoms with E-state index < -0.39 is 0 Å². The van der Waals surface area contributed by atoms with Crippen LogP contribution in [0.2, 0.25) is 0 Å². The minimum atomic E-state index is 0.388. The van der Waals surface area contributed by atoms with Crippen LogP contribution in [-0.2, 0) is 0 Å². The maximum Gasteiger partial charge on any atom is 0.156 e. The van der Waals surface area contributed by atoms with Gasteiger partial charge in [0.15, 0.2) is 17.5 Å². The van der Waals surface area contributed by atoms with Crippen molar-refractivity contribution in [2.45, 2.75) is 6.92 Å². The fourth-order valence-corrected chi connectivity index (χ4v) is 3.30. The van der Waals surface area contributed by atoms with Gasteiger partial charge in [-0.25, -0.2) is 4.98 Å². The number of nitrogens with one attached hydrogen (secondary N) is 1. The molecule has 148 valence electrons. The highest BCUT2D eigenvalue weighted by molar-refractivity contribution is 5.79. The summed E-state index contributed by atoms with van der Waals surface area (Å²) in [6.07, 6.45) is 1.51. The maximum absolute atomic E-state index is 9.54. The van der Waals surface area contributed by atoms with Crippen LogP contribution in [0.25, 0.3) is 28.0 Å². The van der Waals surface area contributed by atoms with Crippen molar-refractivity contribution in [1.82, 2.24) is 25.0 Å². The van der Waals surface area contributed by atoms with E-state index in [-0.39, 0.29) is 0 Å². The lowest BCUT2D eigenvalue weighted by Gasteiger charge is -2.10. The molecular formula is C24H17N7. The molecule has 0 aliphatic heterocycles. The highest BCUT2D eigenvalue weighted by atomic mass is 15.4. The minimum Gasteiger partial charge on any atom is -0.322 e. The van der Waals surface area contributed by atoms with Crippen molar-refractivity contribution >= 4 is 22.5 Å². The lowest BCUT2D eigenvalue weighted by atomic mass is 10.1. The van der Waals surface area contributed by atoms with Crippen molar-refractivity contribution in [3.63, 3.8) is 0 Å². The third kappa shape index (κ3) is 3.58. The highest BCUT2D eigenvalue weighted by Gasteiger charge is 2.15. The average molecular weight is 403 g/mol. The van der Waals surface area contributed by atoms with E-state index >= 15 is 0 Å². The Morgan fingerprint density at radius 1 is 0.903 bits per heavy atom. The van der Waals surface area contributed by atoms with Gasteiger partial charge in [-0.2, -0.15) is 15.0 Å². The molecule has 7 nitrogen and oxygen atoms in total. The second-order valence-corrected chi connectivity index (χ2v) is 7.09. The molecule has 1 N–H and O–H groups in total. The molecule has 31 heavy (non-hydrogen) atoms. The van der Waals surface area contributed by atoms with Gasteiger partial charge in [0.2, 0.25) is 0 Å². The second kappa shape index (κ2) is 7.69. The fraction of sp³-hybridized carbons (Fsp3) is 0.0417. The molecule has 0 amide bonds. The number of hydrogen-bond donors (Lipinski definition) is 1. The molecule has 0 saturated carbocycles. The number of rotatable bonds is 4. The summed E-state index contributed by atoms with van der Waals surface area (Å²) in [5.74, 6) is 1.60. The van der Waals surface area contributed by atoms with E-state index in [2.05, 4.69) is 31.7 Å². The molecule has 0 aliphatic rings. The zero-order chi connectivity index (χ0) is 21.2. The number of pyridine rings is 1. The van der Waals surface area contributed by atoms with E-state index in [1.807, 2.05) is 79.7 Å². The molecule has 0 aliphatic carbocycles. The predicted molar refractivity (Wildman–Crippen MR) is 119 cm³/mol. The van der Waals surface area contributed by atoms with Gasteiger partial charge >= 0.3 is 0 Å². The van der Waals surface area contributed by atoms with Gasteiger partial charge < -0.3 is 5.32 Å². The van der Waals surface area contributed by atoms with E-state index in [1.165, 1.54) is 11.8 Å². The number of aryl methyl sites for hydroxylation is 1. The molecular weight excluding hydrogens is 386 g/mol. The van der Waals surface area contributed by atoms with E-state index in [4.69, 9.17) is 0 Å². The zero-order valence-corrected chi connectivity index (χ0v) is 16.7. The molecule has 0 saturated heterocycles. The van der Waals surface area contributed by atoms with Gasteiger partial charge in [-0.05, 0) is 37.3 Å². The van der Waals surface area contributed by atoms with Crippen LogP contribution in [0.4, 0.5) is 11.6 Å². The molecule has 0 bridgehead atoms. The van der Waals surface area contributed by atoms with Crippen LogP contribution < -0.4 is 5.32 Å². The van der Waals surface area contributed by atoms with Crippen LogP contribution in [0.15, 0.2) is 79.0 Å². The van der Waals surface area contributed by atoms with Crippen molar-refractivity contribution in [2.24, 2.45) is 0 Å². The van der Waals surface area contributed by atoms with Crippen molar-refractivity contribution in [3.8, 4) is 23.1 Å². The molecule has 0 fully saturated rings. The lowest BCUT2D eigenvalue weighted by molar-refractivity contribution is 0.858. The van der Waals surface area contributed by atoms with E-state index in [9.17, 15) is 5.26 Å². The summed E-state index contributed by atoms with van der Waals surface area (Å²) < 4.78 is 1.60. The third-order valence-corrected chi connectivity index (χ3v) is 4.95. The maximum atomic E-state index is 9.54. The van der Waals surface area contributed by atoms with Crippen LogP contribution in [0.3, 0.4) is 0 Å². The van der Waals surface area contributed by atoms with Gasteiger partial charge in [0.25, 0.3) is 0 Å². The summed E-state index contributed by atoms with van der Waals surface area (Å²) in [7, 11) is 0. The number of anilines is 2. The molecule has 3 heterocycles. The van der Waals surface area contributed by atoms with Crippen molar-refractivity contribution in [2.75, 3.05) is 5.32 Å². The van der Waals surface area contributed by atoms with Crippen LogP contribution in [0, 0.1) is 18.3 Å². The Morgan fingerprint density at radius 3 is 2.52 bits per heavy atom. The van der Waals surface area contributed by atoms with Crippen LogP contribution >= 0.6 is 0 Å². The molecule has 2 aromatic carbocycles. The highest BCUT2D eigenvalue weighted by Crippen LogP contribution is 2.24. The number of nitriles is 1. The first kappa shape index (κ1) is 18.5. The Labute approximate surface area is 178 Å². The average Bonchev–Trinajstić information content (AvgIpc) is 3.22. The standard InChI is InChI=1S/C24H17N7/c1-16-6-8-18(9-7-16)21-11-12-22(30-29-21)28-24-19(14-25)15-26-31(24)23-13-10-17-4-2-3-5-20(17)27-23/h2-13,15H,1H3,(H,28,30). The third-order valence-electron chi connectivity index (χ3n) is 4.95. The number of hydrogen-bond acceptors (Lipinski definition) is 6. The first-order valence-electron chi connectivity index (χ1n) is 9.73. The quantitative estimate of drug-likeness (QED) is 0.463. The molecule has 0 spiro atoms. The minimum absolute atomic E-state index is 0.388. The van der Waals surface area contributed by atoms with Gasteiger partial charge in [0.05, 0.1) is 17.4 Å². The number of nitrogens with zero attached hydrogens (tertiary/aromatic N) is 6. The first-order chi connectivity index (χ1) is 15.2. The smallest absolute Gasteiger partial charge is 0.156 e. The van der Waals surface area contributed by atoms with Gasteiger partial charge in [0.1, 0.15) is 11.6 Å². The van der Waals surface area contributed by atoms with Gasteiger partial charge in [0, 0.05) is 10.9 Å². The summed E-state index contributed by atoms with van der Waals surface area (Å²) in [5.41, 5.74) is 4.19. The summed E-state index contributed by atoms with van der Waals surface area (Å²) in [6, 6.07) is 25.7. The topological polar surface area (TPSA) is 92.3 Å². The van der Waals surface area contributed by atoms with Gasteiger partial charge in [-0.1, -0.05) is 48.0 Å². The first-order valence-corrected chi connectivity index (χ1v) is 9.73. The van der Waals surface area contributed by atoms with Gasteiger partial charge in [-0.3, -0.25) is 0 Å². The monoisotopic (exact) mass is 403 g/mol. The largest absolute Gasteiger partial charge is 0.322 e. The van der Waals surface area contributed by atoms with E-state index in [1.54, 1.807) is 4.68 Å². The molecule has 0 unspecified atom stereocenters. The molecule has 5 aromatic rings. The van der Waals surface area contributed by atoms with Crippen LogP contribution in [0.5, 0.6) is 0 Å². The van der Waals surface area contributed by atoms with Crippen LogP contribution in [-0.4, -0.2) is 25.0 Å². The number of aromatic nitrogens is 5. The van der Waals surface area contributed by atoms with Gasteiger partial charge in [-0.15, -0.1) is 10.2 Å². The van der Waals surface area contributed by atoms with Crippen LogP contribution in [0.1, 0.15) is 11.1 Å². The summed E-state index contributed by atoms with van der Waals surface area (Å²) in [6.45, 7) is 2.04.